The second-order valence-corrected chi connectivity index (χ2v) is 4.20. The van der Waals surface area contributed by atoms with E-state index in [-0.39, 0.29) is 11.9 Å². The molecule has 17 heavy (non-hydrogen) atoms. The third kappa shape index (κ3) is 1.96. The standard InChI is InChI=1S/C13H15N3O/c1-3-16-9(2)7-12(17)15-13-10(8-14)5-4-6-11(13)16/h4-6,9H,3,7H2,1-2H3,(H,15,17). The van der Waals surface area contributed by atoms with Crippen LogP contribution in [0.3, 0.4) is 0 Å². The largest absolute Gasteiger partial charge is 0.367 e. The number of carbonyl (C=O) groups is 1. The Morgan fingerprint density at radius 2 is 2.35 bits per heavy atom. The lowest BCUT2D eigenvalue weighted by Crippen LogP contribution is -2.33. The number of nitriles is 1. The van der Waals surface area contributed by atoms with Crippen molar-refractivity contribution in [3.8, 4) is 6.07 Å². The number of nitrogens with zero attached hydrogens (tertiary/aromatic N) is 2. The zero-order chi connectivity index (χ0) is 12.4. The second kappa shape index (κ2) is 4.46. The fraction of sp³-hybridized carbons (Fsp3) is 0.385. The minimum atomic E-state index is -0.0302. The average molecular weight is 229 g/mol. The van der Waals surface area contributed by atoms with Crippen LogP contribution in [-0.2, 0) is 4.79 Å². The van der Waals surface area contributed by atoms with E-state index < -0.39 is 0 Å². The summed E-state index contributed by atoms with van der Waals surface area (Å²) in [5.41, 5.74) is 2.10. The third-order valence-corrected chi connectivity index (χ3v) is 3.09. The SMILES string of the molecule is CCN1c2cccc(C#N)c2NC(=O)CC1C. The summed E-state index contributed by atoms with van der Waals surface area (Å²) < 4.78 is 0. The van der Waals surface area contributed by atoms with Crippen LogP contribution in [0.1, 0.15) is 25.8 Å². The molecule has 0 spiro atoms. The Morgan fingerprint density at radius 1 is 1.59 bits per heavy atom. The molecule has 1 amide bonds. The molecule has 1 aliphatic heterocycles. The second-order valence-electron chi connectivity index (χ2n) is 4.20. The maximum Gasteiger partial charge on any atom is 0.226 e. The van der Waals surface area contributed by atoms with Crippen molar-refractivity contribution in [2.45, 2.75) is 26.3 Å². The minimum absolute atomic E-state index is 0.0302. The number of benzene rings is 1. The molecule has 4 heteroatoms. The van der Waals surface area contributed by atoms with Gasteiger partial charge in [0.2, 0.25) is 5.91 Å². The van der Waals surface area contributed by atoms with E-state index in [1.165, 1.54) is 0 Å². The van der Waals surface area contributed by atoms with Crippen LogP contribution in [-0.4, -0.2) is 18.5 Å². The van der Waals surface area contributed by atoms with Crippen LogP contribution in [0.2, 0.25) is 0 Å². The number of hydrogen-bond acceptors (Lipinski definition) is 3. The van der Waals surface area contributed by atoms with Gasteiger partial charge in [0.15, 0.2) is 0 Å². The summed E-state index contributed by atoms with van der Waals surface area (Å²) in [6.45, 7) is 4.89. The number of anilines is 2. The van der Waals surface area contributed by atoms with Crippen LogP contribution in [0.15, 0.2) is 18.2 Å². The highest BCUT2D eigenvalue weighted by Gasteiger charge is 2.25. The summed E-state index contributed by atoms with van der Waals surface area (Å²) in [6, 6.07) is 7.79. The number of rotatable bonds is 1. The number of nitrogens with one attached hydrogen (secondary N) is 1. The molecule has 1 aromatic rings. The monoisotopic (exact) mass is 229 g/mol. The van der Waals surface area contributed by atoms with Crippen molar-refractivity contribution in [3.05, 3.63) is 23.8 Å². The van der Waals surface area contributed by atoms with E-state index in [1.807, 2.05) is 19.1 Å². The first-order chi connectivity index (χ1) is 8.17. The van der Waals surface area contributed by atoms with Gasteiger partial charge in [-0.15, -0.1) is 0 Å². The van der Waals surface area contributed by atoms with E-state index in [0.717, 1.165) is 12.2 Å². The number of hydrogen-bond donors (Lipinski definition) is 1. The molecule has 4 nitrogen and oxygen atoms in total. The average Bonchev–Trinajstić information content (AvgIpc) is 2.43. The van der Waals surface area contributed by atoms with Crippen LogP contribution >= 0.6 is 0 Å². The van der Waals surface area contributed by atoms with E-state index >= 15 is 0 Å². The quantitative estimate of drug-likeness (QED) is 0.802. The first kappa shape index (κ1) is 11.5. The van der Waals surface area contributed by atoms with Gasteiger partial charge in [-0.25, -0.2) is 0 Å². The van der Waals surface area contributed by atoms with E-state index in [1.54, 1.807) is 6.07 Å². The third-order valence-electron chi connectivity index (χ3n) is 3.09. The lowest BCUT2D eigenvalue weighted by Gasteiger charge is -2.28. The van der Waals surface area contributed by atoms with Gasteiger partial charge < -0.3 is 10.2 Å². The van der Waals surface area contributed by atoms with Crippen LogP contribution in [0.5, 0.6) is 0 Å². The lowest BCUT2D eigenvalue weighted by molar-refractivity contribution is -0.116. The van der Waals surface area contributed by atoms with Crippen LogP contribution < -0.4 is 10.2 Å². The molecule has 0 aliphatic carbocycles. The molecular weight excluding hydrogens is 214 g/mol. The normalized spacial score (nSPS) is 19.0. The van der Waals surface area contributed by atoms with Gasteiger partial charge in [-0.1, -0.05) is 6.07 Å². The van der Waals surface area contributed by atoms with Gasteiger partial charge in [-0.05, 0) is 26.0 Å². The van der Waals surface area contributed by atoms with Crippen LogP contribution in [0, 0.1) is 11.3 Å². The molecule has 1 aliphatic rings. The molecule has 0 bridgehead atoms. The molecular formula is C13H15N3O. The Hall–Kier alpha value is -2.02. The zero-order valence-corrected chi connectivity index (χ0v) is 10.0. The van der Waals surface area contributed by atoms with E-state index in [2.05, 4.69) is 23.2 Å². The Morgan fingerprint density at radius 3 is 3.00 bits per heavy atom. The Bertz CT molecular complexity index is 490. The highest BCUT2D eigenvalue weighted by atomic mass is 16.1. The Labute approximate surface area is 101 Å². The van der Waals surface area contributed by atoms with Gasteiger partial charge in [-0.3, -0.25) is 4.79 Å². The molecule has 0 fully saturated rings. The maximum atomic E-state index is 11.7. The number of amides is 1. The first-order valence-electron chi connectivity index (χ1n) is 5.77. The molecule has 0 aromatic heterocycles. The Balaban J connectivity index is 2.59. The van der Waals surface area contributed by atoms with Crippen LogP contribution in [0.25, 0.3) is 0 Å². The Kier molecular flexibility index (Phi) is 3.01. The summed E-state index contributed by atoms with van der Waals surface area (Å²) in [4.78, 5) is 13.9. The summed E-state index contributed by atoms with van der Waals surface area (Å²) in [5.74, 6) is -0.0302. The molecule has 1 heterocycles. The van der Waals surface area contributed by atoms with Gasteiger partial charge in [0.1, 0.15) is 6.07 Å². The molecule has 0 saturated heterocycles. The van der Waals surface area contributed by atoms with Crippen molar-refractivity contribution in [2.75, 3.05) is 16.8 Å². The topological polar surface area (TPSA) is 56.1 Å². The summed E-state index contributed by atoms with van der Waals surface area (Å²) in [5, 5.41) is 11.9. The summed E-state index contributed by atoms with van der Waals surface area (Å²) in [7, 11) is 0. The predicted octanol–water partition coefficient (Wildman–Crippen LogP) is 2.12. The van der Waals surface area contributed by atoms with Crippen LogP contribution in [0.4, 0.5) is 11.4 Å². The van der Waals surface area contributed by atoms with E-state index in [9.17, 15) is 4.79 Å². The van der Waals surface area contributed by atoms with Gasteiger partial charge in [0.25, 0.3) is 0 Å². The van der Waals surface area contributed by atoms with Gasteiger partial charge in [0, 0.05) is 19.0 Å². The number of para-hydroxylation sites is 1. The fourth-order valence-electron chi connectivity index (χ4n) is 2.29. The van der Waals surface area contributed by atoms with Crippen molar-refractivity contribution >= 4 is 17.3 Å². The summed E-state index contributed by atoms with van der Waals surface area (Å²) >= 11 is 0. The van der Waals surface area contributed by atoms with Crippen molar-refractivity contribution in [1.82, 2.24) is 0 Å². The maximum absolute atomic E-state index is 11.7. The fourth-order valence-corrected chi connectivity index (χ4v) is 2.29. The van der Waals surface area contributed by atoms with Crippen molar-refractivity contribution in [1.29, 1.82) is 5.26 Å². The number of fused-ring (bicyclic) bond motifs is 1. The lowest BCUT2D eigenvalue weighted by atomic mass is 10.1. The van der Waals surface area contributed by atoms with Crippen molar-refractivity contribution in [3.63, 3.8) is 0 Å². The molecule has 0 radical (unpaired) electrons. The highest BCUT2D eigenvalue weighted by Crippen LogP contribution is 2.33. The molecule has 88 valence electrons. The molecule has 1 atom stereocenters. The van der Waals surface area contributed by atoms with E-state index in [0.29, 0.717) is 17.7 Å². The van der Waals surface area contributed by atoms with E-state index in [4.69, 9.17) is 5.26 Å². The molecule has 0 saturated carbocycles. The van der Waals surface area contributed by atoms with Gasteiger partial charge in [-0.2, -0.15) is 5.26 Å². The predicted molar refractivity (Wildman–Crippen MR) is 66.9 cm³/mol. The smallest absolute Gasteiger partial charge is 0.226 e. The zero-order valence-electron chi connectivity index (χ0n) is 10.0. The first-order valence-corrected chi connectivity index (χ1v) is 5.77. The molecule has 1 aromatic carbocycles. The van der Waals surface area contributed by atoms with Crippen molar-refractivity contribution < 1.29 is 4.79 Å². The highest BCUT2D eigenvalue weighted by molar-refractivity contribution is 5.98. The molecule has 2 rings (SSSR count). The number of carbonyl (C=O) groups excluding carboxylic acids is 1. The van der Waals surface area contributed by atoms with Gasteiger partial charge in [0.05, 0.1) is 16.9 Å². The molecule has 1 unspecified atom stereocenters. The molecule has 1 N–H and O–H groups in total. The van der Waals surface area contributed by atoms with Gasteiger partial charge >= 0.3 is 0 Å². The summed E-state index contributed by atoms with van der Waals surface area (Å²) in [6.07, 6.45) is 0.452. The van der Waals surface area contributed by atoms with Crippen molar-refractivity contribution in [2.24, 2.45) is 0 Å². The minimum Gasteiger partial charge on any atom is -0.367 e.